The third-order valence-electron chi connectivity index (χ3n) is 7.21. The average Bonchev–Trinajstić information content (AvgIpc) is 3.17. The highest BCUT2D eigenvalue weighted by atomic mass is 32.2. The van der Waals surface area contributed by atoms with Gasteiger partial charge in [0.05, 0.1) is 4.90 Å². The molecule has 1 aromatic carbocycles. The number of hydrogen-bond donors (Lipinski definition) is 1. The number of fused-ring (bicyclic) bond motifs is 1. The highest BCUT2D eigenvalue weighted by Crippen LogP contribution is 2.40. The Kier molecular flexibility index (Phi) is 10.3. The molecule has 2 heterocycles. The van der Waals surface area contributed by atoms with Crippen LogP contribution in [0.1, 0.15) is 96.5 Å². The van der Waals surface area contributed by atoms with E-state index in [2.05, 4.69) is 25.7 Å². The zero-order valence-electron chi connectivity index (χ0n) is 21.5. The molecule has 3 rings (SSSR count). The van der Waals surface area contributed by atoms with Gasteiger partial charge in [-0.1, -0.05) is 52.9 Å². The van der Waals surface area contributed by atoms with Gasteiger partial charge in [-0.05, 0) is 75.9 Å². The van der Waals surface area contributed by atoms with Gasteiger partial charge in [0.25, 0.3) is 0 Å². The maximum absolute atomic E-state index is 13.5. The highest BCUT2D eigenvalue weighted by Gasteiger charge is 2.29. The van der Waals surface area contributed by atoms with Crippen LogP contribution in [0.25, 0.3) is 11.0 Å². The van der Waals surface area contributed by atoms with Gasteiger partial charge in [0.2, 0.25) is 10.0 Å². The Morgan fingerprint density at radius 2 is 1.62 bits per heavy atom. The summed E-state index contributed by atoms with van der Waals surface area (Å²) in [6, 6.07) is 5.26. The molecule has 1 fully saturated rings. The van der Waals surface area contributed by atoms with Crippen LogP contribution in [-0.2, 0) is 10.0 Å². The number of furan rings is 1. The van der Waals surface area contributed by atoms with E-state index in [1.54, 1.807) is 16.4 Å². The van der Waals surface area contributed by atoms with Crippen molar-refractivity contribution in [3.63, 3.8) is 0 Å². The van der Waals surface area contributed by atoms with Gasteiger partial charge in [0.1, 0.15) is 5.58 Å². The Bertz CT molecular complexity index is 986. The number of unbranched alkanes of at least 4 members (excludes halogenated alkanes) is 5. The molecule has 1 aromatic heterocycles. The fraction of sp³-hybridized carbons (Fsp3) is 0.704. The second-order valence-electron chi connectivity index (χ2n) is 9.83. The minimum Gasteiger partial charge on any atom is -0.441 e. The van der Waals surface area contributed by atoms with Crippen molar-refractivity contribution in [1.82, 2.24) is 9.21 Å². The molecule has 0 amide bonds. The fourth-order valence-corrected chi connectivity index (χ4v) is 6.62. The van der Waals surface area contributed by atoms with Crippen molar-refractivity contribution in [3.8, 4) is 0 Å². The summed E-state index contributed by atoms with van der Waals surface area (Å²) in [7, 11) is -3.56. The number of anilines is 1. The lowest BCUT2D eigenvalue weighted by Gasteiger charge is -2.32. The molecule has 6 nitrogen and oxygen atoms in total. The molecule has 0 atom stereocenters. The van der Waals surface area contributed by atoms with Gasteiger partial charge < -0.3 is 15.1 Å². The van der Waals surface area contributed by atoms with Crippen LogP contribution in [0.3, 0.4) is 0 Å². The Morgan fingerprint density at radius 3 is 2.24 bits per heavy atom. The highest BCUT2D eigenvalue weighted by molar-refractivity contribution is 7.89. The van der Waals surface area contributed by atoms with E-state index in [9.17, 15) is 8.42 Å². The summed E-state index contributed by atoms with van der Waals surface area (Å²) >= 11 is 0. The zero-order valence-corrected chi connectivity index (χ0v) is 22.3. The summed E-state index contributed by atoms with van der Waals surface area (Å²) < 4.78 is 34.6. The van der Waals surface area contributed by atoms with Crippen molar-refractivity contribution in [2.24, 2.45) is 0 Å². The Morgan fingerprint density at radius 1 is 0.971 bits per heavy atom. The van der Waals surface area contributed by atoms with E-state index in [1.807, 2.05) is 6.07 Å². The quantitative estimate of drug-likeness (QED) is 0.311. The van der Waals surface area contributed by atoms with Gasteiger partial charge >= 0.3 is 0 Å². The summed E-state index contributed by atoms with van der Waals surface area (Å²) in [4.78, 5) is 2.91. The van der Waals surface area contributed by atoms with Crippen LogP contribution in [0, 0.1) is 0 Å². The van der Waals surface area contributed by atoms with Crippen LogP contribution >= 0.6 is 0 Å². The molecule has 1 saturated heterocycles. The standard InChI is InChI=1S/C27H45N3O3S/c1-4-7-10-11-16-29-19-14-22(15-20-29)26-24-21-23(12-13-25(24)33-27(26)28)34(31,32)30(17-8-5-2)18-9-6-3/h12-13,21-22H,4-11,14-20,28H2,1-3H3. The summed E-state index contributed by atoms with van der Waals surface area (Å²) in [5.74, 6) is 0.752. The molecule has 0 radical (unpaired) electrons. The van der Waals surface area contributed by atoms with Crippen molar-refractivity contribution in [1.29, 1.82) is 0 Å². The van der Waals surface area contributed by atoms with Crippen LogP contribution < -0.4 is 5.73 Å². The number of sulfonamides is 1. The molecule has 0 aliphatic carbocycles. The number of piperidine rings is 1. The van der Waals surface area contributed by atoms with Crippen LogP contribution in [-0.4, -0.2) is 50.3 Å². The van der Waals surface area contributed by atoms with Crippen LogP contribution in [0.15, 0.2) is 27.5 Å². The molecule has 2 N–H and O–H groups in total. The molecule has 0 spiro atoms. The van der Waals surface area contributed by atoms with Gasteiger partial charge in [0.15, 0.2) is 5.88 Å². The molecule has 0 bridgehead atoms. The molecule has 1 aliphatic rings. The second-order valence-corrected chi connectivity index (χ2v) is 11.8. The number of benzene rings is 1. The lowest BCUT2D eigenvalue weighted by atomic mass is 9.88. The first kappa shape index (κ1) is 27.0. The van der Waals surface area contributed by atoms with E-state index in [-0.39, 0.29) is 0 Å². The molecule has 7 heteroatoms. The van der Waals surface area contributed by atoms with E-state index >= 15 is 0 Å². The molecule has 192 valence electrons. The second kappa shape index (κ2) is 12.9. The number of hydrogen-bond acceptors (Lipinski definition) is 5. The number of nitrogen functional groups attached to an aromatic ring is 1. The summed E-state index contributed by atoms with van der Waals surface area (Å²) in [6.07, 6.45) is 10.9. The van der Waals surface area contributed by atoms with E-state index in [1.165, 1.54) is 32.2 Å². The topological polar surface area (TPSA) is 79.8 Å². The molecular formula is C27H45N3O3S. The van der Waals surface area contributed by atoms with E-state index in [4.69, 9.17) is 10.2 Å². The predicted molar refractivity (Wildman–Crippen MR) is 142 cm³/mol. The largest absolute Gasteiger partial charge is 0.441 e. The maximum atomic E-state index is 13.5. The van der Waals surface area contributed by atoms with Gasteiger partial charge in [-0.3, -0.25) is 0 Å². The van der Waals surface area contributed by atoms with Gasteiger partial charge in [0, 0.05) is 24.0 Å². The van der Waals surface area contributed by atoms with Gasteiger partial charge in [-0.2, -0.15) is 4.31 Å². The first-order valence-electron chi connectivity index (χ1n) is 13.5. The van der Waals surface area contributed by atoms with Crippen molar-refractivity contribution in [2.75, 3.05) is 38.5 Å². The number of nitrogens with zero attached hydrogens (tertiary/aromatic N) is 2. The summed E-state index contributed by atoms with van der Waals surface area (Å²) in [6.45, 7) is 10.8. The smallest absolute Gasteiger partial charge is 0.243 e. The minimum atomic E-state index is -3.56. The van der Waals surface area contributed by atoms with E-state index < -0.39 is 10.0 Å². The molecule has 34 heavy (non-hydrogen) atoms. The first-order chi connectivity index (χ1) is 16.4. The molecule has 0 saturated carbocycles. The van der Waals surface area contributed by atoms with Gasteiger partial charge in [-0.15, -0.1) is 0 Å². The lowest BCUT2D eigenvalue weighted by Crippen LogP contribution is -2.34. The van der Waals surface area contributed by atoms with Crippen molar-refractivity contribution in [3.05, 3.63) is 23.8 Å². The van der Waals surface area contributed by atoms with Crippen LogP contribution in [0.5, 0.6) is 0 Å². The molecular weight excluding hydrogens is 446 g/mol. The van der Waals surface area contributed by atoms with Crippen molar-refractivity contribution in [2.45, 2.75) is 95.8 Å². The van der Waals surface area contributed by atoms with Crippen LogP contribution in [0.2, 0.25) is 0 Å². The normalized spacial score (nSPS) is 16.1. The minimum absolute atomic E-state index is 0.308. The van der Waals surface area contributed by atoms with E-state index in [0.29, 0.717) is 35.4 Å². The Hall–Kier alpha value is -1.57. The summed E-state index contributed by atoms with van der Waals surface area (Å²) in [5.41, 5.74) is 8.03. The molecule has 0 unspecified atom stereocenters. The third kappa shape index (κ3) is 6.55. The van der Waals surface area contributed by atoms with Crippen LogP contribution in [0.4, 0.5) is 5.88 Å². The predicted octanol–water partition coefficient (Wildman–Crippen LogP) is 6.37. The van der Waals surface area contributed by atoms with E-state index in [0.717, 1.165) is 62.6 Å². The summed E-state index contributed by atoms with van der Waals surface area (Å²) in [5, 5.41) is 0.867. The Balaban J connectivity index is 1.79. The third-order valence-corrected chi connectivity index (χ3v) is 9.10. The maximum Gasteiger partial charge on any atom is 0.243 e. The SMILES string of the molecule is CCCCCCN1CCC(c2c(N)oc3ccc(S(=O)(=O)N(CCCC)CCCC)cc23)CC1. The lowest BCUT2D eigenvalue weighted by molar-refractivity contribution is 0.208. The van der Waals surface area contributed by atoms with Crippen molar-refractivity contribution >= 4 is 26.9 Å². The van der Waals surface area contributed by atoms with Gasteiger partial charge in [-0.25, -0.2) is 8.42 Å². The number of rotatable bonds is 14. The average molecular weight is 492 g/mol. The molecule has 1 aliphatic heterocycles. The number of nitrogens with two attached hydrogens (primary N) is 1. The number of likely N-dealkylation sites (tertiary alicyclic amines) is 1. The monoisotopic (exact) mass is 491 g/mol. The zero-order chi connectivity index (χ0) is 24.6. The fourth-order valence-electron chi connectivity index (χ4n) is 5.07. The van der Waals surface area contributed by atoms with Crippen molar-refractivity contribution < 1.29 is 12.8 Å². The Labute approximate surface area is 206 Å². The molecule has 2 aromatic rings. The first-order valence-corrected chi connectivity index (χ1v) is 14.9.